The van der Waals surface area contributed by atoms with Crippen LogP contribution < -0.4 is 10.5 Å². The predicted octanol–water partition coefficient (Wildman–Crippen LogP) is 2.26. The fourth-order valence-corrected chi connectivity index (χ4v) is 2.53. The summed E-state index contributed by atoms with van der Waals surface area (Å²) in [5.74, 6) is 1.18. The molecule has 1 aromatic heterocycles. The second-order valence-corrected chi connectivity index (χ2v) is 5.05. The second-order valence-electron chi connectivity index (χ2n) is 5.05. The number of benzene rings is 1. The summed E-state index contributed by atoms with van der Waals surface area (Å²) in [6.45, 7) is 0.683. The van der Waals surface area contributed by atoms with E-state index in [0.29, 0.717) is 29.1 Å². The van der Waals surface area contributed by atoms with Crippen LogP contribution in [0.1, 0.15) is 12.8 Å². The first-order valence-corrected chi connectivity index (χ1v) is 6.58. The normalized spacial score (nSPS) is 21.4. The molecule has 1 aliphatic rings. The highest BCUT2D eigenvalue weighted by molar-refractivity contribution is 5.91. The molecule has 0 spiro atoms. The molecule has 20 heavy (non-hydrogen) atoms. The van der Waals surface area contributed by atoms with Crippen LogP contribution in [0.15, 0.2) is 30.5 Å². The topological polar surface area (TPSA) is 91.3 Å². The van der Waals surface area contributed by atoms with E-state index in [1.807, 2.05) is 0 Å². The third kappa shape index (κ3) is 2.18. The number of aromatic nitrogens is 1. The van der Waals surface area contributed by atoms with Gasteiger partial charge in [-0.05, 0) is 37.4 Å². The Morgan fingerprint density at radius 3 is 2.90 bits per heavy atom. The molecule has 0 bridgehead atoms. The van der Waals surface area contributed by atoms with E-state index in [2.05, 4.69) is 4.98 Å². The summed E-state index contributed by atoms with van der Waals surface area (Å²) < 4.78 is 5.91. The van der Waals surface area contributed by atoms with Crippen LogP contribution in [0.4, 0.5) is 5.69 Å². The lowest BCUT2D eigenvalue weighted by Gasteiger charge is -2.34. The number of pyridine rings is 1. The monoisotopic (exact) mass is 273 g/mol. The highest BCUT2D eigenvalue weighted by Crippen LogP contribution is 2.35. The maximum absolute atomic E-state index is 11.0. The number of nitro groups is 1. The van der Waals surface area contributed by atoms with Crippen molar-refractivity contribution in [3.63, 3.8) is 0 Å². The summed E-state index contributed by atoms with van der Waals surface area (Å²) in [6.07, 6.45) is 3.57. The minimum Gasteiger partial charge on any atom is -0.490 e. The molecule has 2 aromatic rings. The van der Waals surface area contributed by atoms with Crippen molar-refractivity contribution in [3.05, 3.63) is 40.6 Å². The van der Waals surface area contributed by atoms with E-state index in [-0.39, 0.29) is 11.8 Å². The molecule has 2 N–H and O–H groups in total. The maximum Gasteiger partial charge on any atom is 0.295 e. The van der Waals surface area contributed by atoms with E-state index >= 15 is 0 Å². The van der Waals surface area contributed by atoms with Crippen LogP contribution in [-0.2, 0) is 0 Å². The van der Waals surface area contributed by atoms with Crippen molar-refractivity contribution in [2.75, 3.05) is 6.54 Å². The largest absolute Gasteiger partial charge is 0.490 e. The first-order chi connectivity index (χ1) is 9.69. The van der Waals surface area contributed by atoms with Crippen LogP contribution in [-0.4, -0.2) is 22.6 Å². The summed E-state index contributed by atoms with van der Waals surface area (Å²) in [5, 5.41) is 11.7. The molecule has 1 aromatic carbocycles. The minimum atomic E-state index is -0.424. The van der Waals surface area contributed by atoms with Gasteiger partial charge in [0.1, 0.15) is 5.75 Å². The number of hydrogen-bond acceptors (Lipinski definition) is 5. The van der Waals surface area contributed by atoms with Crippen LogP contribution in [0.25, 0.3) is 10.9 Å². The number of para-hydroxylation sites is 1. The third-order valence-corrected chi connectivity index (χ3v) is 3.73. The van der Waals surface area contributed by atoms with Gasteiger partial charge in [0.05, 0.1) is 11.0 Å². The summed E-state index contributed by atoms with van der Waals surface area (Å²) in [5.41, 5.74) is 5.96. The van der Waals surface area contributed by atoms with Crippen molar-refractivity contribution in [1.29, 1.82) is 0 Å². The Labute approximate surface area is 115 Å². The number of nitrogens with two attached hydrogens (primary N) is 1. The fourth-order valence-electron chi connectivity index (χ4n) is 2.53. The summed E-state index contributed by atoms with van der Waals surface area (Å²) in [6, 6.07) is 6.65. The molecule has 0 atom stereocenters. The van der Waals surface area contributed by atoms with Gasteiger partial charge in [-0.15, -0.1) is 0 Å². The summed E-state index contributed by atoms with van der Waals surface area (Å²) in [4.78, 5) is 14.7. The number of non-ortho nitro benzene ring substituents is 1. The highest BCUT2D eigenvalue weighted by atomic mass is 16.6. The maximum atomic E-state index is 11.0. The van der Waals surface area contributed by atoms with Crippen molar-refractivity contribution in [3.8, 4) is 5.75 Å². The summed E-state index contributed by atoms with van der Waals surface area (Å²) >= 11 is 0. The lowest BCUT2D eigenvalue weighted by Crippen LogP contribution is -2.37. The van der Waals surface area contributed by atoms with Crippen molar-refractivity contribution in [2.24, 2.45) is 11.7 Å². The molecule has 3 rings (SSSR count). The van der Waals surface area contributed by atoms with Gasteiger partial charge in [-0.2, -0.15) is 0 Å². The third-order valence-electron chi connectivity index (χ3n) is 3.73. The Kier molecular flexibility index (Phi) is 3.23. The first-order valence-electron chi connectivity index (χ1n) is 6.58. The minimum absolute atomic E-state index is 0.00129. The van der Waals surface area contributed by atoms with E-state index in [0.717, 1.165) is 12.8 Å². The SMILES string of the molecule is NCC1CC(Oc2ccnc3c([N+](=O)[O-])cccc23)C1. The van der Waals surface area contributed by atoms with Gasteiger partial charge < -0.3 is 10.5 Å². The Morgan fingerprint density at radius 1 is 1.40 bits per heavy atom. The highest BCUT2D eigenvalue weighted by Gasteiger charge is 2.30. The molecule has 0 unspecified atom stereocenters. The Morgan fingerprint density at radius 2 is 2.20 bits per heavy atom. The van der Waals surface area contributed by atoms with Gasteiger partial charge in [-0.1, -0.05) is 6.07 Å². The van der Waals surface area contributed by atoms with Gasteiger partial charge >= 0.3 is 0 Å². The van der Waals surface area contributed by atoms with Crippen molar-refractivity contribution in [2.45, 2.75) is 18.9 Å². The molecule has 0 radical (unpaired) electrons. The smallest absolute Gasteiger partial charge is 0.295 e. The second kappa shape index (κ2) is 5.05. The number of rotatable bonds is 4. The van der Waals surface area contributed by atoms with Gasteiger partial charge in [-0.25, -0.2) is 4.98 Å². The number of hydrogen-bond donors (Lipinski definition) is 1. The Bertz CT molecular complexity index is 653. The average Bonchev–Trinajstić information content (AvgIpc) is 2.41. The predicted molar refractivity (Wildman–Crippen MR) is 74.6 cm³/mol. The van der Waals surface area contributed by atoms with Crippen LogP contribution in [0, 0.1) is 16.0 Å². The molecule has 1 heterocycles. The van der Waals surface area contributed by atoms with Crippen LogP contribution in [0.2, 0.25) is 0 Å². The van der Waals surface area contributed by atoms with E-state index in [9.17, 15) is 10.1 Å². The lowest BCUT2D eigenvalue weighted by atomic mass is 9.82. The molecular weight excluding hydrogens is 258 g/mol. The van der Waals surface area contributed by atoms with Gasteiger partial charge in [-0.3, -0.25) is 10.1 Å². The van der Waals surface area contributed by atoms with Gasteiger partial charge in [0, 0.05) is 17.6 Å². The van der Waals surface area contributed by atoms with E-state index in [1.54, 1.807) is 24.4 Å². The van der Waals surface area contributed by atoms with Crippen molar-refractivity contribution < 1.29 is 9.66 Å². The summed E-state index contributed by atoms with van der Waals surface area (Å²) in [7, 11) is 0. The molecule has 6 heteroatoms. The van der Waals surface area contributed by atoms with Crippen molar-refractivity contribution in [1.82, 2.24) is 4.98 Å². The number of fused-ring (bicyclic) bond motifs is 1. The number of nitrogens with zero attached hydrogens (tertiary/aromatic N) is 2. The molecular formula is C14H15N3O3. The first kappa shape index (κ1) is 12.8. The molecule has 0 amide bonds. The van der Waals surface area contributed by atoms with Crippen LogP contribution in [0.3, 0.4) is 0 Å². The molecule has 0 aliphatic heterocycles. The zero-order valence-corrected chi connectivity index (χ0v) is 10.9. The quantitative estimate of drug-likeness (QED) is 0.681. The Hall–Kier alpha value is -2.21. The van der Waals surface area contributed by atoms with Gasteiger partial charge in [0.25, 0.3) is 5.69 Å². The molecule has 1 aliphatic carbocycles. The van der Waals surface area contributed by atoms with E-state index < -0.39 is 4.92 Å². The average molecular weight is 273 g/mol. The molecule has 1 fully saturated rings. The number of ether oxygens (including phenoxy) is 1. The zero-order valence-electron chi connectivity index (χ0n) is 10.9. The Balaban J connectivity index is 1.92. The standard InChI is InChI=1S/C14H15N3O3/c15-8-9-6-10(7-9)20-13-4-5-16-14-11(13)2-1-3-12(14)17(18)19/h1-5,9-10H,6-8,15H2. The zero-order chi connectivity index (χ0) is 14.1. The van der Waals surface area contributed by atoms with E-state index in [1.165, 1.54) is 6.07 Å². The number of nitro benzene ring substituents is 1. The molecule has 1 saturated carbocycles. The van der Waals surface area contributed by atoms with Gasteiger partial charge in [0.15, 0.2) is 5.52 Å². The van der Waals surface area contributed by atoms with Crippen LogP contribution >= 0.6 is 0 Å². The lowest BCUT2D eigenvalue weighted by molar-refractivity contribution is -0.383. The van der Waals surface area contributed by atoms with E-state index in [4.69, 9.17) is 10.5 Å². The molecule has 104 valence electrons. The van der Waals surface area contributed by atoms with Crippen LogP contribution in [0.5, 0.6) is 5.75 Å². The fraction of sp³-hybridized carbons (Fsp3) is 0.357. The molecule has 0 saturated heterocycles. The molecule has 6 nitrogen and oxygen atoms in total. The van der Waals surface area contributed by atoms with Crippen molar-refractivity contribution >= 4 is 16.6 Å². The van der Waals surface area contributed by atoms with Gasteiger partial charge in [0.2, 0.25) is 0 Å².